The minimum Gasteiger partial charge on any atom is -0.379 e. The van der Waals surface area contributed by atoms with Crippen LogP contribution in [0.5, 0.6) is 0 Å². The SMILES string of the molecule is CCCCOCC(C)OCC(C)OC(O)CC. The van der Waals surface area contributed by atoms with Crippen LogP contribution in [0.4, 0.5) is 0 Å². The summed E-state index contributed by atoms with van der Waals surface area (Å²) < 4.78 is 16.3. The van der Waals surface area contributed by atoms with Crippen molar-refractivity contribution >= 4 is 0 Å². The minimum atomic E-state index is -0.690. The number of unbranched alkanes of at least 4 members (excludes halogenated alkanes) is 1. The van der Waals surface area contributed by atoms with Gasteiger partial charge in [-0.05, 0) is 26.7 Å². The summed E-state index contributed by atoms with van der Waals surface area (Å²) in [4.78, 5) is 0. The Morgan fingerprint density at radius 1 is 1.06 bits per heavy atom. The Morgan fingerprint density at radius 2 is 1.76 bits per heavy atom. The van der Waals surface area contributed by atoms with Crippen LogP contribution in [0.15, 0.2) is 0 Å². The molecule has 0 aromatic heterocycles. The topological polar surface area (TPSA) is 47.9 Å². The van der Waals surface area contributed by atoms with Crippen LogP contribution in [0.2, 0.25) is 0 Å². The smallest absolute Gasteiger partial charge is 0.154 e. The lowest BCUT2D eigenvalue weighted by atomic mass is 10.3. The molecule has 0 aromatic carbocycles. The van der Waals surface area contributed by atoms with E-state index in [0.29, 0.717) is 19.6 Å². The molecule has 3 unspecified atom stereocenters. The van der Waals surface area contributed by atoms with E-state index in [2.05, 4.69) is 6.92 Å². The van der Waals surface area contributed by atoms with Crippen LogP contribution in [0.3, 0.4) is 0 Å². The zero-order valence-electron chi connectivity index (χ0n) is 11.6. The second-order valence-electron chi connectivity index (χ2n) is 4.38. The van der Waals surface area contributed by atoms with Crippen LogP contribution in [0.1, 0.15) is 47.0 Å². The maximum atomic E-state index is 9.29. The van der Waals surface area contributed by atoms with Crippen molar-refractivity contribution in [3.63, 3.8) is 0 Å². The maximum Gasteiger partial charge on any atom is 0.154 e. The first-order valence-electron chi connectivity index (χ1n) is 6.62. The van der Waals surface area contributed by atoms with Gasteiger partial charge in [-0.3, -0.25) is 0 Å². The van der Waals surface area contributed by atoms with Gasteiger partial charge in [0.1, 0.15) is 0 Å². The summed E-state index contributed by atoms with van der Waals surface area (Å²) in [7, 11) is 0. The zero-order valence-corrected chi connectivity index (χ0v) is 11.6. The number of hydrogen-bond acceptors (Lipinski definition) is 4. The van der Waals surface area contributed by atoms with E-state index in [0.717, 1.165) is 19.4 Å². The molecule has 0 aromatic rings. The zero-order chi connectivity index (χ0) is 13.1. The van der Waals surface area contributed by atoms with Crippen LogP contribution < -0.4 is 0 Å². The number of aliphatic hydroxyl groups is 1. The average molecular weight is 248 g/mol. The van der Waals surface area contributed by atoms with E-state index in [4.69, 9.17) is 14.2 Å². The first kappa shape index (κ1) is 16.8. The van der Waals surface area contributed by atoms with Gasteiger partial charge in [-0.1, -0.05) is 20.3 Å². The Kier molecular flexibility index (Phi) is 10.9. The molecule has 0 amide bonds. The van der Waals surface area contributed by atoms with Crippen LogP contribution in [-0.4, -0.2) is 43.4 Å². The molecule has 4 heteroatoms. The Labute approximate surface area is 105 Å². The summed E-state index contributed by atoms with van der Waals surface area (Å²) in [5.41, 5.74) is 0. The summed E-state index contributed by atoms with van der Waals surface area (Å²) in [6, 6.07) is 0. The molecule has 0 bridgehead atoms. The van der Waals surface area contributed by atoms with Gasteiger partial charge in [0.2, 0.25) is 0 Å². The first-order valence-corrected chi connectivity index (χ1v) is 6.62. The summed E-state index contributed by atoms with van der Waals surface area (Å²) in [6.07, 6.45) is 2.12. The van der Waals surface area contributed by atoms with E-state index in [1.54, 1.807) is 0 Å². The van der Waals surface area contributed by atoms with Crippen molar-refractivity contribution in [2.75, 3.05) is 19.8 Å². The van der Waals surface area contributed by atoms with Crippen molar-refractivity contribution in [2.45, 2.75) is 65.5 Å². The van der Waals surface area contributed by atoms with Gasteiger partial charge in [0, 0.05) is 6.61 Å². The second kappa shape index (κ2) is 11.0. The van der Waals surface area contributed by atoms with Crippen LogP contribution >= 0.6 is 0 Å². The molecule has 0 rings (SSSR count). The van der Waals surface area contributed by atoms with Gasteiger partial charge in [0.25, 0.3) is 0 Å². The number of ether oxygens (including phenoxy) is 3. The van der Waals surface area contributed by atoms with Crippen molar-refractivity contribution in [1.82, 2.24) is 0 Å². The summed E-state index contributed by atoms with van der Waals surface area (Å²) in [5, 5.41) is 9.29. The van der Waals surface area contributed by atoms with Gasteiger partial charge >= 0.3 is 0 Å². The molecule has 0 fully saturated rings. The Balaban J connectivity index is 3.45. The molecule has 0 aliphatic heterocycles. The molecule has 0 radical (unpaired) electrons. The largest absolute Gasteiger partial charge is 0.379 e. The molecule has 0 aliphatic carbocycles. The third-order valence-electron chi connectivity index (χ3n) is 2.35. The molecule has 3 atom stereocenters. The van der Waals surface area contributed by atoms with E-state index < -0.39 is 6.29 Å². The van der Waals surface area contributed by atoms with E-state index in [9.17, 15) is 5.11 Å². The van der Waals surface area contributed by atoms with Gasteiger partial charge in [-0.15, -0.1) is 0 Å². The maximum absolute atomic E-state index is 9.29. The monoisotopic (exact) mass is 248 g/mol. The fourth-order valence-electron chi connectivity index (χ4n) is 1.25. The van der Waals surface area contributed by atoms with Gasteiger partial charge < -0.3 is 19.3 Å². The molecule has 0 saturated heterocycles. The second-order valence-corrected chi connectivity index (χ2v) is 4.38. The first-order chi connectivity index (χ1) is 8.10. The number of aliphatic hydroxyl groups excluding tert-OH is 1. The fraction of sp³-hybridized carbons (Fsp3) is 1.00. The lowest BCUT2D eigenvalue weighted by Crippen LogP contribution is -2.27. The molecule has 104 valence electrons. The molecule has 0 heterocycles. The number of rotatable bonds is 11. The molecule has 1 N–H and O–H groups in total. The fourth-order valence-corrected chi connectivity index (χ4v) is 1.25. The van der Waals surface area contributed by atoms with Gasteiger partial charge in [-0.25, -0.2) is 0 Å². The Hall–Kier alpha value is -0.160. The van der Waals surface area contributed by atoms with Crippen LogP contribution in [-0.2, 0) is 14.2 Å². The van der Waals surface area contributed by atoms with E-state index in [1.807, 2.05) is 20.8 Å². The van der Waals surface area contributed by atoms with E-state index in [1.165, 1.54) is 0 Å². The summed E-state index contributed by atoms with van der Waals surface area (Å²) in [6.45, 7) is 9.78. The Bertz CT molecular complexity index is 163. The normalized spacial score (nSPS) is 16.8. The van der Waals surface area contributed by atoms with Crippen molar-refractivity contribution in [3.05, 3.63) is 0 Å². The summed E-state index contributed by atoms with van der Waals surface area (Å²) in [5.74, 6) is 0. The highest BCUT2D eigenvalue weighted by atomic mass is 16.6. The van der Waals surface area contributed by atoms with Crippen LogP contribution in [0.25, 0.3) is 0 Å². The number of hydrogen-bond donors (Lipinski definition) is 1. The minimum absolute atomic E-state index is 0.0664. The molecular formula is C13H28O4. The third-order valence-corrected chi connectivity index (χ3v) is 2.35. The molecule has 17 heavy (non-hydrogen) atoms. The lowest BCUT2D eigenvalue weighted by Gasteiger charge is -2.19. The van der Waals surface area contributed by atoms with Crippen LogP contribution in [0, 0.1) is 0 Å². The molecule has 4 nitrogen and oxygen atoms in total. The summed E-state index contributed by atoms with van der Waals surface area (Å²) >= 11 is 0. The standard InChI is InChI=1S/C13H28O4/c1-5-7-8-15-9-11(3)16-10-12(4)17-13(14)6-2/h11-14H,5-10H2,1-4H3. The van der Waals surface area contributed by atoms with Gasteiger partial charge in [0.15, 0.2) is 6.29 Å². The van der Waals surface area contributed by atoms with Crippen molar-refractivity contribution in [2.24, 2.45) is 0 Å². The van der Waals surface area contributed by atoms with E-state index >= 15 is 0 Å². The molecule has 0 saturated carbocycles. The highest BCUT2D eigenvalue weighted by Gasteiger charge is 2.10. The molecular weight excluding hydrogens is 220 g/mol. The van der Waals surface area contributed by atoms with E-state index in [-0.39, 0.29) is 12.2 Å². The van der Waals surface area contributed by atoms with Gasteiger partial charge in [-0.2, -0.15) is 0 Å². The lowest BCUT2D eigenvalue weighted by molar-refractivity contribution is -0.154. The highest BCUT2D eigenvalue weighted by molar-refractivity contribution is 4.53. The predicted octanol–water partition coefficient (Wildman–Crippen LogP) is 2.34. The van der Waals surface area contributed by atoms with Crippen molar-refractivity contribution < 1.29 is 19.3 Å². The highest BCUT2D eigenvalue weighted by Crippen LogP contribution is 2.02. The van der Waals surface area contributed by atoms with Crippen molar-refractivity contribution in [1.29, 1.82) is 0 Å². The third kappa shape index (κ3) is 10.7. The predicted molar refractivity (Wildman–Crippen MR) is 68.0 cm³/mol. The molecule has 0 spiro atoms. The van der Waals surface area contributed by atoms with Gasteiger partial charge in [0.05, 0.1) is 25.4 Å². The quantitative estimate of drug-likeness (QED) is 0.450. The Morgan fingerprint density at radius 3 is 2.35 bits per heavy atom. The average Bonchev–Trinajstić information content (AvgIpc) is 2.32. The molecule has 0 aliphatic rings. The van der Waals surface area contributed by atoms with Crippen molar-refractivity contribution in [3.8, 4) is 0 Å².